The molecule has 31 heavy (non-hydrogen) atoms. The molecule has 0 unspecified atom stereocenters. The zero-order valence-corrected chi connectivity index (χ0v) is 19.5. The molecule has 1 atom stereocenters. The number of allylic oxidation sites excluding steroid dienone is 2. The van der Waals surface area contributed by atoms with E-state index < -0.39 is 0 Å². The minimum absolute atomic E-state index is 0.0381. The molecule has 2 heterocycles. The van der Waals surface area contributed by atoms with Gasteiger partial charge in [-0.05, 0) is 51.7 Å². The van der Waals surface area contributed by atoms with Crippen LogP contribution in [0.4, 0.5) is 0 Å². The molecule has 0 fully saturated rings. The molecule has 1 N–H and O–H groups in total. The van der Waals surface area contributed by atoms with Crippen LogP contribution in [0.25, 0.3) is 0 Å². The second-order valence-electron chi connectivity index (χ2n) is 9.07. The van der Waals surface area contributed by atoms with Gasteiger partial charge < -0.3 is 14.8 Å². The van der Waals surface area contributed by atoms with E-state index in [1.807, 2.05) is 31.2 Å². The lowest BCUT2D eigenvalue weighted by atomic mass is 10.0. The van der Waals surface area contributed by atoms with E-state index in [2.05, 4.69) is 51.8 Å². The quantitative estimate of drug-likeness (QED) is 0.623. The maximum absolute atomic E-state index is 12.3. The number of nitrogens with one attached hydrogen (secondary N) is 1. The van der Waals surface area contributed by atoms with Gasteiger partial charge in [0, 0.05) is 51.1 Å². The van der Waals surface area contributed by atoms with E-state index >= 15 is 0 Å². The number of hydrogen-bond donors (Lipinski definition) is 1. The zero-order chi connectivity index (χ0) is 22.2. The van der Waals surface area contributed by atoms with Crippen LogP contribution in [-0.4, -0.2) is 51.8 Å². The Hall–Kier alpha value is -2.47. The van der Waals surface area contributed by atoms with Gasteiger partial charge in [-0.15, -0.1) is 10.2 Å². The molecular weight excluding hydrogens is 386 g/mol. The molecule has 1 aliphatic rings. The molecule has 0 bridgehead atoms. The van der Waals surface area contributed by atoms with Gasteiger partial charge in [0.15, 0.2) is 0 Å². The van der Waals surface area contributed by atoms with Crippen molar-refractivity contribution in [3.05, 3.63) is 58.7 Å². The Morgan fingerprint density at radius 1 is 1.16 bits per heavy atom. The smallest absolute Gasteiger partial charge is 0.251 e. The Bertz CT molecular complexity index is 880. The molecule has 6 nitrogen and oxygen atoms in total. The van der Waals surface area contributed by atoms with Crippen LogP contribution in [0.3, 0.4) is 0 Å². The van der Waals surface area contributed by atoms with Crippen LogP contribution < -0.4 is 5.32 Å². The van der Waals surface area contributed by atoms with Crippen molar-refractivity contribution in [3.63, 3.8) is 0 Å². The number of rotatable bonds is 9. The lowest BCUT2D eigenvalue weighted by Gasteiger charge is -2.23. The lowest BCUT2D eigenvalue weighted by molar-refractivity contribution is 0.0954. The molecule has 0 aliphatic carbocycles. The van der Waals surface area contributed by atoms with E-state index in [9.17, 15) is 4.79 Å². The van der Waals surface area contributed by atoms with Crippen LogP contribution in [0.2, 0.25) is 0 Å². The highest BCUT2D eigenvalue weighted by atomic mass is 16.1. The van der Waals surface area contributed by atoms with E-state index in [4.69, 9.17) is 0 Å². The summed E-state index contributed by atoms with van der Waals surface area (Å²) in [6.45, 7) is 13.4. The van der Waals surface area contributed by atoms with Crippen LogP contribution in [0.5, 0.6) is 0 Å². The van der Waals surface area contributed by atoms with Gasteiger partial charge in [-0.2, -0.15) is 0 Å². The highest BCUT2D eigenvalue weighted by Gasteiger charge is 2.19. The lowest BCUT2D eigenvalue weighted by Crippen LogP contribution is -2.31. The maximum Gasteiger partial charge on any atom is 0.251 e. The van der Waals surface area contributed by atoms with Crippen molar-refractivity contribution < 1.29 is 4.79 Å². The predicted molar refractivity (Wildman–Crippen MR) is 125 cm³/mol. The van der Waals surface area contributed by atoms with Gasteiger partial charge in [0.05, 0.1) is 0 Å². The summed E-state index contributed by atoms with van der Waals surface area (Å²) in [4.78, 5) is 14.9. The highest BCUT2D eigenvalue weighted by Crippen LogP contribution is 2.14. The minimum Gasteiger partial charge on any atom is -0.352 e. The maximum atomic E-state index is 12.3. The van der Waals surface area contributed by atoms with E-state index in [-0.39, 0.29) is 5.91 Å². The third kappa shape index (κ3) is 7.03. The summed E-state index contributed by atoms with van der Waals surface area (Å²) < 4.78 is 2.26. The summed E-state index contributed by atoms with van der Waals surface area (Å²) in [5.74, 6) is 2.69. The summed E-state index contributed by atoms with van der Waals surface area (Å²) in [7, 11) is 0. The topological polar surface area (TPSA) is 63.1 Å². The molecule has 0 radical (unpaired) electrons. The molecule has 0 saturated heterocycles. The number of fused-ring (bicyclic) bond motifs is 1. The third-order valence-electron chi connectivity index (χ3n) is 5.93. The fraction of sp³-hybridized carbons (Fsp3) is 0.560. The van der Waals surface area contributed by atoms with Gasteiger partial charge in [-0.1, -0.05) is 36.3 Å². The number of benzene rings is 1. The first-order valence-corrected chi connectivity index (χ1v) is 11.5. The first kappa shape index (κ1) is 23.2. The van der Waals surface area contributed by atoms with Crippen molar-refractivity contribution in [1.82, 2.24) is 25.0 Å². The van der Waals surface area contributed by atoms with Crippen molar-refractivity contribution in [1.29, 1.82) is 0 Å². The number of aryl methyl sites for hydroxylation is 1. The van der Waals surface area contributed by atoms with Crippen LogP contribution in [-0.2, 0) is 19.4 Å². The fourth-order valence-corrected chi connectivity index (χ4v) is 4.08. The Balaban J connectivity index is 1.46. The van der Waals surface area contributed by atoms with Crippen LogP contribution in [0.1, 0.15) is 61.2 Å². The molecule has 0 saturated carbocycles. The number of carbonyl (C=O) groups excluding carboxylic acids is 1. The molecule has 0 spiro atoms. The van der Waals surface area contributed by atoms with Gasteiger partial charge >= 0.3 is 0 Å². The molecule has 1 aromatic heterocycles. The number of carbonyl (C=O) groups is 1. The number of hydrogen-bond acceptors (Lipinski definition) is 4. The number of amides is 1. The minimum atomic E-state index is -0.0381. The molecule has 1 aromatic carbocycles. The number of nitrogens with zero attached hydrogens (tertiary/aromatic N) is 4. The third-order valence-corrected chi connectivity index (χ3v) is 5.93. The average molecular weight is 424 g/mol. The molecule has 1 aliphatic heterocycles. The summed E-state index contributed by atoms with van der Waals surface area (Å²) >= 11 is 0. The van der Waals surface area contributed by atoms with E-state index in [1.54, 1.807) is 0 Å². The van der Waals surface area contributed by atoms with E-state index in [0.29, 0.717) is 24.4 Å². The summed E-state index contributed by atoms with van der Waals surface area (Å²) in [5.41, 5.74) is 3.25. The SMILES string of the molecule is CC(C)=CCC[C@H](C)CN1CCc2nnc(CCNC(=O)c3ccc(C)cc3)n2CC1. The second-order valence-corrected chi connectivity index (χ2v) is 9.07. The van der Waals surface area contributed by atoms with Crippen molar-refractivity contribution >= 4 is 5.91 Å². The fourth-order valence-electron chi connectivity index (χ4n) is 4.08. The standard InChI is InChI=1S/C25H37N5O/c1-19(2)6-5-7-21(4)18-29-15-13-24-28-27-23(30(24)17-16-29)12-14-26-25(31)22-10-8-20(3)9-11-22/h6,8-11,21H,5,7,12-18H2,1-4H3,(H,26,31)/t21-/m0/s1. The molecule has 6 heteroatoms. The summed E-state index contributed by atoms with van der Waals surface area (Å²) in [6, 6.07) is 7.65. The first-order chi connectivity index (χ1) is 14.9. The Morgan fingerprint density at radius 3 is 2.68 bits per heavy atom. The molecule has 2 aromatic rings. The highest BCUT2D eigenvalue weighted by molar-refractivity contribution is 5.94. The van der Waals surface area contributed by atoms with Gasteiger partial charge in [0.25, 0.3) is 5.91 Å². The van der Waals surface area contributed by atoms with Crippen LogP contribution in [0.15, 0.2) is 35.9 Å². The largest absolute Gasteiger partial charge is 0.352 e. The molecule has 168 valence electrons. The van der Waals surface area contributed by atoms with Crippen molar-refractivity contribution in [2.45, 2.75) is 59.9 Å². The Kier molecular flexibility index (Phi) is 8.41. The van der Waals surface area contributed by atoms with Gasteiger partial charge in [0.1, 0.15) is 11.6 Å². The Labute approximate surface area is 186 Å². The zero-order valence-electron chi connectivity index (χ0n) is 19.5. The predicted octanol–water partition coefficient (Wildman–Crippen LogP) is 3.80. The molecular formula is C25H37N5O. The summed E-state index contributed by atoms with van der Waals surface area (Å²) in [5, 5.41) is 11.8. The normalized spacial score (nSPS) is 15.1. The van der Waals surface area contributed by atoms with Crippen molar-refractivity contribution in [3.8, 4) is 0 Å². The summed E-state index contributed by atoms with van der Waals surface area (Å²) in [6.07, 6.45) is 6.37. The van der Waals surface area contributed by atoms with Crippen molar-refractivity contribution in [2.24, 2.45) is 5.92 Å². The number of aromatic nitrogens is 3. The monoisotopic (exact) mass is 423 g/mol. The van der Waals surface area contributed by atoms with E-state index in [0.717, 1.165) is 49.8 Å². The molecule has 1 amide bonds. The second kappa shape index (κ2) is 11.2. The van der Waals surface area contributed by atoms with Gasteiger partial charge in [-0.3, -0.25) is 4.79 Å². The van der Waals surface area contributed by atoms with Gasteiger partial charge in [-0.25, -0.2) is 0 Å². The van der Waals surface area contributed by atoms with E-state index in [1.165, 1.54) is 18.4 Å². The van der Waals surface area contributed by atoms with Crippen molar-refractivity contribution in [2.75, 3.05) is 26.2 Å². The van der Waals surface area contributed by atoms with Crippen LogP contribution >= 0.6 is 0 Å². The first-order valence-electron chi connectivity index (χ1n) is 11.5. The Morgan fingerprint density at radius 2 is 1.94 bits per heavy atom. The molecule has 3 rings (SSSR count). The average Bonchev–Trinajstić information content (AvgIpc) is 3.00. The van der Waals surface area contributed by atoms with Gasteiger partial charge in [0.2, 0.25) is 0 Å². The van der Waals surface area contributed by atoms with Crippen LogP contribution in [0, 0.1) is 12.8 Å².